The first-order valence-electron chi connectivity index (χ1n) is 12.0. The fourth-order valence-corrected chi connectivity index (χ4v) is 5.09. The van der Waals surface area contributed by atoms with Gasteiger partial charge in [-0.25, -0.2) is 8.78 Å². The first-order valence-corrected chi connectivity index (χ1v) is 12.0. The number of fused-ring (bicyclic) bond motifs is 1. The summed E-state index contributed by atoms with van der Waals surface area (Å²) < 4.78 is 34.8. The standard InChI is InChI=1S/C30H32F2O3/c1-29(2)14-15-30(3,4)24-16-19(8-13-23(24)29)18-35-21-11-9-20(10-12-21)22(17-27(33)34)28-25(31)6-5-7-26(28)32/h5-13,16,22H,14-15,17-18H2,1-4H3,(H,33,34). The average Bonchev–Trinajstić information content (AvgIpc) is 2.80. The number of aliphatic carboxylic acids is 1. The molecule has 0 amide bonds. The van der Waals surface area contributed by atoms with Crippen LogP contribution in [0, 0.1) is 11.6 Å². The van der Waals surface area contributed by atoms with E-state index in [1.165, 1.54) is 17.2 Å². The van der Waals surface area contributed by atoms with E-state index in [1.807, 2.05) is 0 Å². The minimum absolute atomic E-state index is 0.115. The SMILES string of the molecule is CC1(C)CCC(C)(C)c2cc(COc3ccc(C(CC(=O)O)c4c(F)cccc4F)cc3)ccc21. The lowest BCUT2D eigenvalue weighted by molar-refractivity contribution is -0.137. The van der Waals surface area contributed by atoms with Gasteiger partial charge in [-0.15, -0.1) is 0 Å². The van der Waals surface area contributed by atoms with Crippen molar-refractivity contribution in [3.8, 4) is 5.75 Å². The Kier molecular flexibility index (Phi) is 6.72. The fraction of sp³-hybridized carbons (Fsp3) is 0.367. The summed E-state index contributed by atoms with van der Waals surface area (Å²) in [6.07, 6.45) is 1.88. The average molecular weight is 479 g/mol. The molecule has 0 fully saturated rings. The summed E-state index contributed by atoms with van der Waals surface area (Å²) in [5, 5.41) is 9.34. The van der Waals surface area contributed by atoms with Gasteiger partial charge in [-0.2, -0.15) is 0 Å². The monoisotopic (exact) mass is 478 g/mol. The second kappa shape index (κ2) is 9.44. The Morgan fingerprint density at radius 2 is 1.51 bits per heavy atom. The molecule has 0 aliphatic heterocycles. The molecule has 0 bridgehead atoms. The van der Waals surface area contributed by atoms with Crippen LogP contribution in [0.3, 0.4) is 0 Å². The van der Waals surface area contributed by atoms with Crippen molar-refractivity contribution in [2.24, 2.45) is 0 Å². The molecule has 1 atom stereocenters. The maximum absolute atomic E-state index is 14.4. The molecule has 0 saturated heterocycles. The van der Waals surface area contributed by atoms with Crippen molar-refractivity contribution in [1.82, 2.24) is 0 Å². The minimum atomic E-state index is -1.13. The summed E-state index contributed by atoms with van der Waals surface area (Å²) >= 11 is 0. The van der Waals surface area contributed by atoms with Gasteiger partial charge in [0.05, 0.1) is 6.42 Å². The Morgan fingerprint density at radius 1 is 0.914 bits per heavy atom. The second-order valence-electron chi connectivity index (χ2n) is 10.8. The molecular weight excluding hydrogens is 446 g/mol. The van der Waals surface area contributed by atoms with Crippen molar-refractivity contribution in [2.45, 2.75) is 70.3 Å². The van der Waals surface area contributed by atoms with Gasteiger partial charge in [0.15, 0.2) is 0 Å². The van der Waals surface area contributed by atoms with Crippen molar-refractivity contribution in [3.63, 3.8) is 0 Å². The summed E-state index contributed by atoms with van der Waals surface area (Å²) in [6, 6.07) is 16.9. The van der Waals surface area contributed by atoms with Crippen molar-refractivity contribution >= 4 is 5.97 Å². The van der Waals surface area contributed by atoms with E-state index in [0.29, 0.717) is 17.9 Å². The zero-order chi connectivity index (χ0) is 25.4. The Balaban J connectivity index is 1.53. The number of halogens is 2. The van der Waals surface area contributed by atoms with Crippen LogP contribution in [0.25, 0.3) is 0 Å². The number of carboxylic acids is 1. The number of ether oxygens (including phenoxy) is 1. The molecule has 3 nitrogen and oxygen atoms in total. The van der Waals surface area contributed by atoms with Crippen LogP contribution in [0.4, 0.5) is 8.78 Å². The van der Waals surface area contributed by atoms with Crippen LogP contribution in [-0.2, 0) is 22.2 Å². The molecule has 3 aromatic carbocycles. The van der Waals surface area contributed by atoms with Crippen LogP contribution in [-0.4, -0.2) is 11.1 Å². The third kappa shape index (κ3) is 5.24. The van der Waals surface area contributed by atoms with E-state index in [4.69, 9.17) is 4.74 Å². The van der Waals surface area contributed by atoms with Gasteiger partial charge >= 0.3 is 5.97 Å². The number of carboxylic acid groups (broad SMARTS) is 1. The molecule has 1 aliphatic carbocycles. The van der Waals surface area contributed by atoms with Crippen molar-refractivity contribution < 1.29 is 23.4 Å². The summed E-state index contributed by atoms with van der Waals surface area (Å²) in [5.41, 5.74) is 4.40. The molecule has 1 unspecified atom stereocenters. The van der Waals surface area contributed by atoms with Gasteiger partial charge in [-0.1, -0.05) is 64.1 Å². The van der Waals surface area contributed by atoms with Crippen LogP contribution in [0.5, 0.6) is 5.75 Å². The smallest absolute Gasteiger partial charge is 0.304 e. The first-order chi connectivity index (χ1) is 16.5. The normalized spacial score (nSPS) is 16.9. The Morgan fingerprint density at radius 3 is 2.11 bits per heavy atom. The van der Waals surface area contributed by atoms with E-state index in [2.05, 4.69) is 45.9 Å². The summed E-state index contributed by atoms with van der Waals surface area (Å²) in [4.78, 5) is 11.4. The van der Waals surface area contributed by atoms with Crippen molar-refractivity contribution in [1.29, 1.82) is 0 Å². The molecule has 1 N–H and O–H groups in total. The molecule has 184 valence electrons. The molecule has 5 heteroatoms. The van der Waals surface area contributed by atoms with Gasteiger partial charge in [-0.3, -0.25) is 4.79 Å². The molecule has 0 spiro atoms. The van der Waals surface area contributed by atoms with E-state index < -0.39 is 29.9 Å². The Labute approximate surface area is 205 Å². The first kappa shape index (κ1) is 24.9. The topological polar surface area (TPSA) is 46.5 Å². The molecule has 0 heterocycles. The Bertz CT molecular complexity index is 1210. The maximum Gasteiger partial charge on any atom is 0.304 e. The number of carbonyl (C=O) groups is 1. The van der Waals surface area contributed by atoms with Crippen molar-refractivity contribution in [2.75, 3.05) is 0 Å². The fourth-order valence-electron chi connectivity index (χ4n) is 5.09. The number of hydrogen-bond acceptors (Lipinski definition) is 2. The number of rotatable bonds is 7. The molecule has 35 heavy (non-hydrogen) atoms. The van der Waals surface area contributed by atoms with Crippen LogP contribution < -0.4 is 4.74 Å². The van der Waals surface area contributed by atoms with E-state index in [0.717, 1.165) is 30.5 Å². The van der Waals surface area contributed by atoms with E-state index in [-0.39, 0.29) is 16.4 Å². The van der Waals surface area contributed by atoms with Gasteiger partial charge < -0.3 is 9.84 Å². The van der Waals surface area contributed by atoms with Crippen LogP contribution in [0.2, 0.25) is 0 Å². The highest BCUT2D eigenvalue weighted by molar-refractivity contribution is 5.69. The summed E-state index contributed by atoms with van der Waals surface area (Å²) in [6.45, 7) is 9.56. The highest BCUT2D eigenvalue weighted by Gasteiger charge is 2.36. The molecular formula is C30H32F2O3. The lowest BCUT2D eigenvalue weighted by atomic mass is 9.63. The van der Waals surface area contributed by atoms with Crippen LogP contribution in [0.1, 0.15) is 80.7 Å². The van der Waals surface area contributed by atoms with Gasteiger partial charge in [0.1, 0.15) is 24.0 Å². The molecule has 4 rings (SSSR count). The summed E-state index contributed by atoms with van der Waals surface area (Å²) in [7, 11) is 0. The number of hydrogen-bond donors (Lipinski definition) is 1. The molecule has 1 aliphatic rings. The van der Waals surface area contributed by atoms with Gasteiger partial charge in [0, 0.05) is 11.5 Å². The van der Waals surface area contributed by atoms with E-state index in [9.17, 15) is 18.7 Å². The number of benzene rings is 3. The minimum Gasteiger partial charge on any atom is -0.489 e. The largest absolute Gasteiger partial charge is 0.489 e. The summed E-state index contributed by atoms with van der Waals surface area (Å²) in [5.74, 6) is -2.97. The van der Waals surface area contributed by atoms with Gasteiger partial charge in [-0.05, 0) is 70.2 Å². The molecule has 0 saturated carbocycles. The lowest BCUT2D eigenvalue weighted by Crippen LogP contribution is -2.33. The molecule has 3 aromatic rings. The highest BCUT2D eigenvalue weighted by Crippen LogP contribution is 2.46. The Hall–Kier alpha value is -3.21. The predicted molar refractivity (Wildman–Crippen MR) is 133 cm³/mol. The quantitative estimate of drug-likeness (QED) is 0.382. The van der Waals surface area contributed by atoms with Crippen LogP contribution in [0.15, 0.2) is 60.7 Å². The molecule has 0 aromatic heterocycles. The van der Waals surface area contributed by atoms with Crippen molar-refractivity contribution in [3.05, 3.63) is 100 Å². The van der Waals surface area contributed by atoms with E-state index >= 15 is 0 Å². The predicted octanol–water partition coefficient (Wildman–Crippen LogP) is 7.50. The maximum atomic E-state index is 14.4. The molecule has 0 radical (unpaired) electrons. The zero-order valence-electron chi connectivity index (χ0n) is 20.7. The third-order valence-corrected chi connectivity index (χ3v) is 7.33. The van der Waals surface area contributed by atoms with Crippen LogP contribution >= 0.6 is 0 Å². The zero-order valence-corrected chi connectivity index (χ0v) is 20.7. The second-order valence-corrected chi connectivity index (χ2v) is 10.8. The lowest BCUT2D eigenvalue weighted by Gasteiger charge is -2.42. The third-order valence-electron chi connectivity index (χ3n) is 7.33. The van der Waals surface area contributed by atoms with Gasteiger partial charge in [0.2, 0.25) is 0 Å². The van der Waals surface area contributed by atoms with Gasteiger partial charge in [0.25, 0.3) is 0 Å². The highest BCUT2D eigenvalue weighted by atomic mass is 19.1. The van der Waals surface area contributed by atoms with E-state index in [1.54, 1.807) is 24.3 Å².